The van der Waals surface area contributed by atoms with Crippen LogP contribution in [0.15, 0.2) is 77.7 Å². The minimum Gasteiger partial charge on any atom is -0.496 e. The molecule has 0 radical (unpaired) electrons. The highest BCUT2D eigenvalue weighted by molar-refractivity contribution is 7.92. The summed E-state index contributed by atoms with van der Waals surface area (Å²) in [5.41, 5.74) is 2.78. The molecule has 0 aliphatic heterocycles. The van der Waals surface area contributed by atoms with Crippen molar-refractivity contribution in [2.75, 3.05) is 18.5 Å². The van der Waals surface area contributed by atoms with E-state index in [2.05, 4.69) is 5.32 Å². The van der Waals surface area contributed by atoms with Gasteiger partial charge in [-0.1, -0.05) is 43.3 Å². The molecule has 0 saturated heterocycles. The van der Waals surface area contributed by atoms with Crippen LogP contribution in [-0.2, 0) is 10.0 Å². The molecule has 0 heterocycles. The van der Waals surface area contributed by atoms with Crippen LogP contribution in [0.3, 0.4) is 0 Å². The van der Waals surface area contributed by atoms with Gasteiger partial charge >= 0.3 is 0 Å². The molecule has 0 fully saturated rings. The number of ether oxygens (including phenoxy) is 1. The number of rotatable bonds is 8. The summed E-state index contributed by atoms with van der Waals surface area (Å²) in [5.74, 6) is 0.531. The standard InChI is InChI=1S/C25H28N2O4S/c1-5-23(19-14-15-24(31-4)18(2)16-19)26-25(28)20-10-9-11-21(17-20)27(3)32(29,30)22-12-7-6-8-13-22/h6-17,23H,5H2,1-4H3,(H,26,28)/t23-/m1/s1. The normalized spacial score (nSPS) is 12.1. The van der Waals surface area contributed by atoms with E-state index in [1.165, 1.54) is 11.4 Å². The Balaban J connectivity index is 1.82. The van der Waals surface area contributed by atoms with Crippen LogP contribution >= 0.6 is 0 Å². The number of hydrogen-bond acceptors (Lipinski definition) is 4. The molecule has 3 rings (SSSR count). The molecule has 32 heavy (non-hydrogen) atoms. The van der Waals surface area contributed by atoms with Gasteiger partial charge in [0.15, 0.2) is 0 Å². The summed E-state index contributed by atoms with van der Waals surface area (Å²) in [7, 11) is -0.618. The number of anilines is 1. The first-order valence-corrected chi connectivity index (χ1v) is 11.8. The van der Waals surface area contributed by atoms with E-state index in [4.69, 9.17) is 4.74 Å². The van der Waals surface area contributed by atoms with E-state index in [9.17, 15) is 13.2 Å². The Morgan fingerprint density at radius 3 is 2.38 bits per heavy atom. The maximum Gasteiger partial charge on any atom is 0.264 e. The molecule has 6 nitrogen and oxygen atoms in total. The Labute approximate surface area is 189 Å². The topological polar surface area (TPSA) is 75.7 Å². The molecule has 0 aromatic heterocycles. The third kappa shape index (κ3) is 4.94. The van der Waals surface area contributed by atoms with Crippen molar-refractivity contribution in [1.82, 2.24) is 5.32 Å². The van der Waals surface area contributed by atoms with Crippen molar-refractivity contribution in [1.29, 1.82) is 0 Å². The number of nitrogens with one attached hydrogen (secondary N) is 1. The highest BCUT2D eigenvalue weighted by Crippen LogP contribution is 2.26. The molecule has 1 atom stereocenters. The average Bonchev–Trinajstić information content (AvgIpc) is 2.82. The summed E-state index contributed by atoms with van der Waals surface area (Å²) in [6.45, 7) is 3.96. The lowest BCUT2D eigenvalue weighted by atomic mass is 10.0. The lowest BCUT2D eigenvalue weighted by Gasteiger charge is -2.21. The second-order valence-corrected chi connectivity index (χ2v) is 9.47. The summed E-state index contributed by atoms with van der Waals surface area (Å²) in [5, 5.41) is 3.05. The first kappa shape index (κ1) is 23.3. The van der Waals surface area contributed by atoms with Crippen LogP contribution in [-0.4, -0.2) is 28.5 Å². The monoisotopic (exact) mass is 452 g/mol. The van der Waals surface area contributed by atoms with Crippen molar-refractivity contribution in [3.05, 3.63) is 89.5 Å². The number of sulfonamides is 1. The van der Waals surface area contributed by atoms with Crippen molar-refractivity contribution in [2.45, 2.75) is 31.2 Å². The number of carbonyl (C=O) groups excluding carboxylic acids is 1. The highest BCUT2D eigenvalue weighted by atomic mass is 32.2. The van der Waals surface area contributed by atoms with E-state index in [-0.39, 0.29) is 16.8 Å². The SMILES string of the molecule is CC[C@@H](NC(=O)c1cccc(N(C)S(=O)(=O)c2ccccc2)c1)c1ccc(OC)c(C)c1. The predicted octanol–water partition coefficient (Wildman–Crippen LogP) is 4.71. The Kier molecular flexibility index (Phi) is 7.20. The Morgan fingerprint density at radius 2 is 1.75 bits per heavy atom. The molecule has 0 bridgehead atoms. The fourth-order valence-corrected chi connectivity index (χ4v) is 4.72. The van der Waals surface area contributed by atoms with Gasteiger partial charge in [0.2, 0.25) is 0 Å². The molecule has 3 aromatic carbocycles. The van der Waals surface area contributed by atoms with Gasteiger partial charge in [-0.05, 0) is 60.9 Å². The van der Waals surface area contributed by atoms with Gasteiger partial charge in [0, 0.05) is 12.6 Å². The lowest BCUT2D eigenvalue weighted by molar-refractivity contribution is 0.0935. The molecule has 1 N–H and O–H groups in total. The van der Waals surface area contributed by atoms with Crippen molar-refractivity contribution in [2.24, 2.45) is 0 Å². The third-order valence-electron chi connectivity index (χ3n) is 5.41. The van der Waals surface area contributed by atoms with Crippen molar-refractivity contribution in [3.8, 4) is 5.75 Å². The Hall–Kier alpha value is -3.32. The molecular formula is C25H28N2O4S. The number of benzene rings is 3. The van der Waals surface area contributed by atoms with Crippen molar-refractivity contribution >= 4 is 21.6 Å². The molecule has 1 amide bonds. The van der Waals surface area contributed by atoms with Crippen LogP contribution in [0.4, 0.5) is 5.69 Å². The first-order chi connectivity index (χ1) is 15.3. The van der Waals surface area contributed by atoms with Crippen LogP contribution in [0.5, 0.6) is 5.75 Å². The van der Waals surface area contributed by atoms with Crippen LogP contribution in [0.1, 0.15) is 40.9 Å². The van der Waals surface area contributed by atoms with Crippen LogP contribution in [0.25, 0.3) is 0 Å². The third-order valence-corrected chi connectivity index (χ3v) is 7.21. The molecule has 0 aliphatic rings. The fourth-order valence-electron chi connectivity index (χ4n) is 3.51. The molecule has 7 heteroatoms. The van der Waals surface area contributed by atoms with Crippen molar-refractivity contribution in [3.63, 3.8) is 0 Å². The van der Waals surface area contributed by atoms with E-state index < -0.39 is 10.0 Å². The average molecular weight is 453 g/mol. The molecule has 0 aliphatic carbocycles. The van der Waals surface area contributed by atoms with Crippen LogP contribution in [0.2, 0.25) is 0 Å². The number of amides is 1. The first-order valence-electron chi connectivity index (χ1n) is 10.4. The lowest BCUT2D eigenvalue weighted by Crippen LogP contribution is -2.29. The number of methoxy groups -OCH3 is 1. The van der Waals surface area contributed by atoms with Crippen LogP contribution < -0.4 is 14.4 Å². The highest BCUT2D eigenvalue weighted by Gasteiger charge is 2.22. The van der Waals surface area contributed by atoms with E-state index in [0.717, 1.165) is 16.9 Å². The summed E-state index contributed by atoms with van der Waals surface area (Å²) >= 11 is 0. The molecule has 0 saturated carbocycles. The maximum atomic E-state index is 13.0. The zero-order valence-corrected chi connectivity index (χ0v) is 19.5. The number of nitrogens with zero attached hydrogens (tertiary/aromatic N) is 1. The second-order valence-electron chi connectivity index (χ2n) is 7.50. The minimum atomic E-state index is -3.73. The van der Waals surface area contributed by atoms with Crippen LogP contribution in [0, 0.1) is 6.92 Å². The number of hydrogen-bond donors (Lipinski definition) is 1. The van der Waals surface area contributed by atoms with E-state index in [0.29, 0.717) is 17.7 Å². The zero-order valence-electron chi connectivity index (χ0n) is 18.7. The van der Waals surface area contributed by atoms with Gasteiger partial charge < -0.3 is 10.1 Å². The van der Waals surface area contributed by atoms with E-state index in [1.807, 2.05) is 32.0 Å². The van der Waals surface area contributed by atoms with Gasteiger partial charge in [0.1, 0.15) is 5.75 Å². The molecular weight excluding hydrogens is 424 g/mol. The molecule has 0 spiro atoms. The summed E-state index contributed by atoms with van der Waals surface area (Å²) in [6, 6.07) is 20.5. The summed E-state index contributed by atoms with van der Waals surface area (Å²) in [4.78, 5) is 13.2. The maximum absolute atomic E-state index is 13.0. The number of carbonyl (C=O) groups is 1. The predicted molar refractivity (Wildman–Crippen MR) is 127 cm³/mol. The summed E-state index contributed by atoms with van der Waals surface area (Å²) < 4.78 is 32.3. The van der Waals surface area contributed by atoms with Gasteiger partial charge in [0.05, 0.1) is 23.7 Å². The van der Waals surface area contributed by atoms with Gasteiger partial charge in [-0.2, -0.15) is 0 Å². The number of aryl methyl sites for hydroxylation is 1. The zero-order chi connectivity index (χ0) is 23.3. The molecule has 3 aromatic rings. The van der Waals surface area contributed by atoms with Crippen molar-refractivity contribution < 1.29 is 17.9 Å². The fraction of sp³-hybridized carbons (Fsp3) is 0.240. The quantitative estimate of drug-likeness (QED) is 0.537. The minimum absolute atomic E-state index is 0.179. The molecule has 168 valence electrons. The van der Waals surface area contributed by atoms with E-state index >= 15 is 0 Å². The summed E-state index contributed by atoms with van der Waals surface area (Å²) in [6.07, 6.45) is 0.708. The van der Waals surface area contributed by atoms with Gasteiger partial charge in [-0.15, -0.1) is 0 Å². The second kappa shape index (κ2) is 9.87. The van der Waals surface area contributed by atoms with E-state index in [1.54, 1.807) is 61.7 Å². The van der Waals surface area contributed by atoms with Gasteiger partial charge in [0.25, 0.3) is 15.9 Å². The Bertz CT molecular complexity index is 1190. The smallest absolute Gasteiger partial charge is 0.264 e. The Morgan fingerprint density at radius 1 is 1.03 bits per heavy atom. The van der Waals surface area contributed by atoms with Gasteiger partial charge in [-0.3, -0.25) is 9.10 Å². The largest absolute Gasteiger partial charge is 0.496 e. The molecule has 0 unspecified atom stereocenters. The van der Waals surface area contributed by atoms with Gasteiger partial charge in [-0.25, -0.2) is 8.42 Å².